The average molecular weight is 931 g/mol. The summed E-state index contributed by atoms with van der Waals surface area (Å²) in [6.07, 6.45) is -22.8. The molecule has 0 unspecified atom stereocenters. The summed E-state index contributed by atoms with van der Waals surface area (Å²) < 4.78 is 85.8. The van der Waals surface area contributed by atoms with Gasteiger partial charge in [-0.2, -0.15) is 0 Å². The van der Waals surface area contributed by atoms with Crippen LogP contribution >= 0.6 is 0 Å². The van der Waals surface area contributed by atoms with Crippen molar-refractivity contribution in [3.05, 3.63) is 29.8 Å². The van der Waals surface area contributed by atoms with Crippen molar-refractivity contribution < 1.29 is 115 Å². The summed E-state index contributed by atoms with van der Waals surface area (Å²) in [5.74, 6) is -6.45. The number of carbonyl (C=O) groups excluding carboxylic acids is 8. The normalized spacial score (nSPS) is 30.9. The number of carbonyl (C=O) groups is 8. The van der Waals surface area contributed by atoms with E-state index in [1.165, 1.54) is 7.11 Å². The number of ether oxygens (including phenoxy) is 15. The number of hydrogen-bond donors (Lipinski definition) is 1. The van der Waals surface area contributed by atoms with Crippen LogP contribution in [0.15, 0.2) is 24.3 Å². The van der Waals surface area contributed by atoms with Gasteiger partial charge in [-0.15, -0.1) is 0 Å². The molecule has 0 aliphatic carbocycles. The summed E-state index contributed by atoms with van der Waals surface area (Å²) in [7, 11) is 1.47. The lowest BCUT2D eigenvalue weighted by atomic mass is 9.97. The van der Waals surface area contributed by atoms with Gasteiger partial charge in [-0.05, 0) is 17.7 Å². The molecule has 1 aromatic carbocycles. The van der Waals surface area contributed by atoms with E-state index in [4.69, 9.17) is 71.1 Å². The molecule has 362 valence electrons. The van der Waals surface area contributed by atoms with Gasteiger partial charge in [0.1, 0.15) is 49.5 Å². The second-order valence-corrected chi connectivity index (χ2v) is 14.8. The molecule has 0 aromatic heterocycles. The first-order valence-corrected chi connectivity index (χ1v) is 20.1. The Morgan fingerprint density at radius 3 is 1.32 bits per heavy atom. The van der Waals surface area contributed by atoms with E-state index in [1.807, 2.05) is 0 Å². The maximum absolute atomic E-state index is 12.6. The minimum absolute atomic E-state index is 0.224. The molecule has 3 fully saturated rings. The molecular weight excluding hydrogens is 876 g/mol. The van der Waals surface area contributed by atoms with E-state index in [1.54, 1.807) is 24.3 Å². The van der Waals surface area contributed by atoms with E-state index < -0.39 is 154 Å². The van der Waals surface area contributed by atoms with Crippen molar-refractivity contribution in [1.29, 1.82) is 0 Å². The minimum atomic E-state index is -1.90. The topological polar surface area (TPSA) is 295 Å². The number of methoxy groups -OCH3 is 1. The van der Waals surface area contributed by atoms with E-state index in [9.17, 15) is 43.5 Å². The number of aliphatic hydroxyl groups is 1. The van der Waals surface area contributed by atoms with Gasteiger partial charge < -0.3 is 76.2 Å². The van der Waals surface area contributed by atoms with E-state index in [-0.39, 0.29) is 6.61 Å². The second kappa shape index (κ2) is 24.1. The molecule has 0 saturated carbocycles. The highest BCUT2D eigenvalue weighted by Crippen LogP contribution is 2.36. The predicted octanol–water partition coefficient (Wildman–Crippen LogP) is -0.134. The third-order valence-corrected chi connectivity index (χ3v) is 9.50. The number of esters is 8. The lowest BCUT2D eigenvalue weighted by molar-refractivity contribution is -0.374. The molecule has 24 nitrogen and oxygen atoms in total. The number of aliphatic hydroxyl groups excluding tert-OH is 1. The Morgan fingerprint density at radius 1 is 0.523 bits per heavy atom. The van der Waals surface area contributed by atoms with Gasteiger partial charge in [0, 0.05) is 55.4 Å². The fraction of sp³-hybridized carbons (Fsp3) is 0.659. The highest BCUT2D eigenvalue weighted by atomic mass is 16.8. The van der Waals surface area contributed by atoms with Crippen molar-refractivity contribution in [2.45, 2.75) is 148 Å². The maximum atomic E-state index is 12.6. The Bertz CT molecular complexity index is 1830. The Kier molecular flexibility index (Phi) is 19.4. The zero-order valence-electron chi connectivity index (χ0n) is 37.1. The molecule has 3 saturated heterocycles. The summed E-state index contributed by atoms with van der Waals surface area (Å²) in [5, 5.41) is 11.5. The minimum Gasteiger partial charge on any atom is -0.497 e. The molecule has 24 heteroatoms. The Balaban J connectivity index is 1.82. The van der Waals surface area contributed by atoms with Crippen LogP contribution in [-0.4, -0.2) is 166 Å². The fourth-order valence-corrected chi connectivity index (χ4v) is 7.06. The van der Waals surface area contributed by atoms with Crippen LogP contribution in [0.1, 0.15) is 61.0 Å². The van der Waals surface area contributed by atoms with Crippen LogP contribution in [0.5, 0.6) is 5.75 Å². The van der Waals surface area contributed by atoms with E-state index in [0.29, 0.717) is 11.3 Å². The van der Waals surface area contributed by atoms with Gasteiger partial charge in [0.05, 0.1) is 20.3 Å². The molecule has 0 radical (unpaired) electrons. The van der Waals surface area contributed by atoms with Gasteiger partial charge in [-0.1, -0.05) is 12.1 Å². The zero-order chi connectivity index (χ0) is 48.1. The molecule has 3 heterocycles. The summed E-state index contributed by atoms with van der Waals surface area (Å²) in [6, 6.07) is 6.63. The zero-order valence-corrected chi connectivity index (χ0v) is 37.1. The molecule has 0 amide bonds. The molecule has 4 rings (SSSR count). The quantitative estimate of drug-likeness (QED) is 0.148. The lowest BCUT2D eigenvalue weighted by Gasteiger charge is -2.48. The largest absolute Gasteiger partial charge is 0.497 e. The summed E-state index contributed by atoms with van der Waals surface area (Å²) in [5.41, 5.74) is 0.559. The van der Waals surface area contributed by atoms with Gasteiger partial charge in [-0.25, -0.2) is 0 Å². The van der Waals surface area contributed by atoms with Crippen molar-refractivity contribution in [1.82, 2.24) is 0 Å². The van der Waals surface area contributed by atoms with Crippen molar-refractivity contribution in [3.63, 3.8) is 0 Å². The van der Waals surface area contributed by atoms with Gasteiger partial charge in [0.15, 0.2) is 55.5 Å². The van der Waals surface area contributed by atoms with E-state index >= 15 is 0 Å². The van der Waals surface area contributed by atoms with Crippen LogP contribution in [0.3, 0.4) is 0 Å². The summed E-state index contributed by atoms with van der Waals surface area (Å²) in [6.45, 7) is 6.49. The fourth-order valence-electron chi connectivity index (χ4n) is 7.06. The first-order chi connectivity index (χ1) is 30.7. The molecule has 1 aromatic rings. The first kappa shape index (κ1) is 52.1. The molecule has 3 aliphatic rings. The maximum Gasteiger partial charge on any atom is 0.303 e. The highest BCUT2D eigenvalue weighted by Gasteiger charge is 2.57. The van der Waals surface area contributed by atoms with Crippen LogP contribution in [0.4, 0.5) is 0 Å². The van der Waals surface area contributed by atoms with E-state index in [2.05, 4.69) is 0 Å². The van der Waals surface area contributed by atoms with Crippen LogP contribution in [0, 0.1) is 0 Å². The van der Waals surface area contributed by atoms with Crippen molar-refractivity contribution >= 4 is 47.8 Å². The van der Waals surface area contributed by atoms with Crippen LogP contribution in [0.2, 0.25) is 0 Å². The monoisotopic (exact) mass is 930 g/mol. The lowest BCUT2D eigenvalue weighted by Crippen LogP contribution is -2.66. The third kappa shape index (κ3) is 15.3. The third-order valence-electron chi connectivity index (χ3n) is 9.50. The van der Waals surface area contributed by atoms with Gasteiger partial charge >= 0.3 is 47.8 Å². The van der Waals surface area contributed by atoms with Crippen LogP contribution in [-0.2, 0) is 111 Å². The van der Waals surface area contributed by atoms with Crippen LogP contribution < -0.4 is 4.74 Å². The SMILES string of the molecule is COc1ccc(CO[C@@H]2[C@@H](O[C@@H]3O[C@H](COC(C)=O)[C@@H](OC(C)=O)[C@H](OC(C)=O)[C@H]3OC(C)=O)[C@H](O)OC[C@@H]2O[C@@H]2O[C@H](COC(C)=O)[C@@H](OC(C)=O)[C@H](OC(C)=O)[C@H]2OC(C)=O)cc1. The Hall–Kier alpha value is -5.50. The highest BCUT2D eigenvalue weighted by molar-refractivity contribution is 5.70. The molecule has 3 aliphatic heterocycles. The van der Waals surface area contributed by atoms with Crippen molar-refractivity contribution in [2.75, 3.05) is 26.9 Å². The molecule has 65 heavy (non-hydrogen) atoms. The van der Waals surface area contributed by atoms with Gasteiger partial charge in [0.2, 0.25) is 0 Å². The average Bonchev–Trinajstić information content (AvgIpc) is 3.20. The van der Waals surface area contributed by atoms with Crippen LogP contribution in [0.25, 0.3) is 0 Å². The first-order valence-electron chi connectivity index (χ1n) is 20.1. The van der Waals surface area contributed by atoms with Crippen molar-refractivity contribution in [2.24, 2.45) is 0 Å². The molecule has 0 bridgehead atoms. The summed E-state index contributed by atoms with van der Waals surface area (Å²) >= 11 is 0. The standard InChI is InChI=1S/C41H54O24/c1-18(42)52-15-29-32(56-20(3)44)34(58-22(5)46)37(60-24(7)48)40(63-29)62-28-17-55-39(50)36(31(28)54-14-26-10-12-27(51-9)13-11-26)65-41-38(61-25(8)49)35(59-23(6)47)33(57-21(4)45)30(64-41)16-53-19(2)43/h10-13,28-41,50H,14-17H2,1-9H3/t28-,29+,30+,31-,32+,33+,34-,35-,36+,37+,38+,39+,40+,41-/m0/s1. The second-order valence-electron chi connectivity index (χ2n) is 14.8. The number of benzene rings is 1. The van der Waals surface area contributed by atoms with Gasteiger partial charge in [-0.3, -0.25) is 38.4 Å². The molecule has 0 spiro atoms. The Morgan fingerprint density at radius 2 is 0.923 bits per heavy atom. The molecule has 1 N–H and O–H groups in total. The van der Waals surface area contributed by atoms with E-state index in [0.717, 1.165) is 55.4 Å². The summed E-state index contributed by atoms with van der Waals surface area (Å²) in [4.78, 5) is 98.6. The molecular formula is C41H54O24. The molecule has 14 atom stereocenters. The predicted molar refractivity (Wildman–Crippen MR) is 207 cm³/mol. The van der Waals surface area contributed by atoms with Crippen molar-refractivity contribution in [3.8, 4) is 5.75 Å². The number of rotatable bonds is 18. The number of hydrogen-bond acceptors (Lipinski definition) is 24. The Labute approximate surface area is 372 Å². The smallest absolute Gasteiger partial charge is 0.303 e. The van der Waals surface area contributed by atoms with Gasteiger partial charge in [0.25, 0.3) is 0 Å².